The van der Waals surface area contributed by atoms with Crippen LogP contribution in [0.15, 0.2) is 18.2 Å². The summed E-state index contributed by atoms with van der Waals surface area (Å²) >= 11 is 0. The van der Waals surface area contributed by atoms with Gasteiger partial charge in [0.15, 0.2) is 0 Å². The molecule has 1 amide bonds. The lowest BCUT2D eigenvalue weighted by atomic mass is 10.00. The van der Waals surface area contributed by atoms with Crippen LogP contribution in [0.2, 0.25) is 0 Å². The molecule has 1 atom stereocenters. The molecular weight excluding hydrogens is 202 g/mol. The Kier molecular flexibility index (Phi) is 4.50. The Labute approximate surface area is 96.5 Å². The van der Waals surface area contributed by atoms with E-state index in [1.165, 1.54) is 16.7 Å². The van der Waals surface area contributed by atoms with Crippen molar-refractivity contribution in [2.75, 3.05) is 6.61 Å². The molecule has 1 rings (SSSR count). The summed E-state index contributed by atoms with van der Waals surface area (Å²) in [6.45, 7) is 5.63. The zero-order valence-electron chi connectivity index (χ0n) is 10.1. The molecule has 0 aromatic heterocycles. The van der Waals surface area contributed by atoms with Crippen LogP contribution in [0, 0.1) is 13.8 Å². The van der Waals surface area contributed by atoms with E-state index in [1.54, 1.807) is 0 Å². The topological polar surface area (TPSA) is 49.3 Å². The van der Waals surface area contributed by atoms with Crippen LogP contribution in [0.3, 0.4) is 0 Å². The number of benzene rings is 1. The largest absolute Gasteiger partial charge is 0.387 e. The minimum absolute atomic E-state index is 0.0426. The molecule has 1 aromatic rings. The number of carbonyl (C=O) groups excluding carboxylic acids is 1. The number of rotatable bonds is 4. The van der Waals surface area contributed by atoms with Crippen LogP contribution in [0.25, 0.3) is 0 Å². The third kappa shape index (κ3) is 3.66. The Balaban J connectivity index is 2.62. The van der Waals surface area contributed by atoms with Gasteiger partial charge in [-0.3, -0.25) is 4.79 Å². The molecule has 0 heterocycles. The van der Waals surface area contributed by atoms with Crippen LogP contribution in [0.4, 0.5) is 0 Å². The van der Waals surface area contributed by atoms with Gasteiger partial charge >= 0.3 is 0 Å². The van der Waals surface area contributed by atoms with Gasteiger partial charge in [0, 0.05) is 6.04 Å². The molecule has 0 aliphatic heterocycles. The van der Waals surface area contributed by atoms with E-state index in [9.17, 15) is 4.79 Å². The summed E-state index contributed by atoms with van der Waals surface area (Å²) in [6, 6.07) is 6.34. The minimum atomic E-state index is -0.447. The van der Waals surface area contributed by atoms with E-state index >= 15 is 0 Å². The maximum absolute atomic E-state index is 11.0. The SMILES string of the molecule is Cc1ccc(CC(C)NC(=O)CO)c(C)c1. The molecule has 3 nitrogen and oxygen atoms in total. The average Bonchev–Trinajstić information content (AvgIpc) is 2.22. The van der Waals surface area contributed by atoms with E-state index in [4.69, 9.17) is 5.11 Å². The number of aryl methyl sites for hydroxylation is 2. The Bertz CT molecular complexity index is 374. The Hall–Kier alpha value is -1.35. The van der Waals surface area contributed by atoms with Gasteiger partial charge in [-0.2, -0.15) is 0 Å². The van der Waals surface area contributed by atoms with Gasteiger partial charge in [-0.1, -0.05) is 23.8 Å². The Morgan fingerprint density at radius 3 is 2.69 bits per heavy atom. The van der Waals surface area contributed by atoms with Gasteiger partial charge in [0.05, 0.1) is 0 Å². The summed E-state index contributed by atoms with van der Waals surface area (Å²) in [5.74, 6) is -0.322. The lowest BCUT2D eigenvalue weighted by Gasteiger charge is -2.15. The molecule has 88 valence electrons. The van der Waals surface area contributed by atoms with Crippen LogP contribution >= 0.6 is 0 Å². The van der Waals surface area contributed by atoms with Crippen LogP contribution < -0.4 is 5.32 Å². The molecule has 0 saturated heterocycles. The van der Waals surface area contributed by atoms with Crippen molar-refractivity contribution in [2.24, 2.45) is 0 Å². The highest BCUT2D eigenvalue weighted by molar-refractivity contribution is 5.77. The van der Waals surface area contributed by atoms with Gasteiger partial charge in [0.25, 0.3) is 0 Å². The van der Waals surface area contributed by atoms with E-state index in [-0.39, 0.29) is 11.9 Å². The second kappa shape index (κ2) is 5.66. The summed E-state index contributed by atoms with van der Waals surface area (Å²) in [5, 5.41) is 11.4. The molecule has 0 aliphatic rings. The summed E-state index contributed by atoms with van der Waals surface area (Å²) in [5.41, 5.74) is 3.72. The monoisotopic (exact) mass is 221 g/mol. The molecule has 1 aromatic carbocycles. The highest BCUT2D eigenvalue weighted by Crippen LogP contribution is 2.12. The molecule has 0 saturated carbocycles. The maximum atomic E-state index is 11.0. The second-order valence-electron chi connectivity index (χ2n) is 4.26. The van der Waals surface area contributed by atoms with E-state index < -0.39 is 6.61 Å². The molecule has 0 aliphatic carbocycles. The fourth-order valence-corrected chi connectivity index (χ4v) is 1.78. The first-order chi connectivity index (χ1) is 7.52. The average molecular weight is 221 g/mol. The van der Waals surface area contributed by atoms with Gasteiger partial charge in [-0.15, -0.1) is 0 Å². The second-order valence-corrected chi connectivity index (χ2v) is 4.26. The zero-order chi connectivity index (χ0) is 12.1. The lowest BCUT2D eigenvalue weighted by molar-refractivity contribution is -0.124. The molecule has 0 bridgehead atoms. The molecule has 16 heavy (non-hydrogen) atoms. The van der Waals surface area contributed by atoms with E-state index in [0.29, 0.717) is 0 Å². The summed E-state index contributed by atoms with van der Waals surface area (Å²) in [7, 11) is 0. The highest BCUT2D eigenvalue weighted by atomic mass is 16.3. The van der Waals surface area contributed by atoms with Crippen molar-refractivity contribution in [3.05, 3.63) is 34.9 Å². The van der Waals surface area contributed by atoms with Crippen LogP contribution in [0.5, 0.6) is 0 Å². The smallest absolute Gasteiger partial charge is 0.245 e. The first kappa shape index (κ1) is 12.7. The lowest BCUT2D eigenvalue weighted by Crippen LogP contribution is -2.36. The first-order valence-corrected chi connectivity index (χ1v) is 5.49. The Morgan fingerprint density at radius 2 is 2.12 bits per heavy atom. The molecule has 2 N–H and O–H groups in total. The third-order valence-electron chi connectivity index (χ3n) is 2.58. The van der Waals surface area contributed by atoms with Gasteiger partial charge in [0.1, 0.15) is 6.61 Å². The third-order valence-corrected chi connectivity index (χ3v) is 2.58. The summed E-state index contributed by atoms with van der Waals surface area (Å²) in [4.78, 5) is 11.0. The minimum Gasteiger partial charge on any atom is -0.387 e. The molecule has 3 heteroatoms. The number of aliphatic hydroxyl groups is 1. The highest BCUT2D eigenvalue weighted by Gasteiger charge is 2.08. The summed E-state index contributed by atoms with van der Waals surface area (Å²) in [6.07, 6.45) is 0.790. The standard InChI is InChI=1S/C13H19NO2/c1-9-4-5-12(10(2)6-9)7-11(3)14-13(16)8-15/h4-6,11,15H,7-8H2,1-3H3,(H,14,16). The van der Waals surface area contributed by atoms with E-state index in [2.05, 4.69) is 37.4 Å². The van der Waals surface area contributed by atoms with E-state index in [0.717, 1.165) is 6.42 Å². The molecule has 0 fully saturated rings. The first-order valence-electron chi connectivity index (χ1n) is 5.49. The fraction of sp³-hybridized carbons (Fsp3) is 0.462. The number of carbonyl (C=O) groups is 1. The fourth-order valence-electron chi connectivity index (χ4n) is 1.78. The van der Waals surface area contributed by atoms with Crippen molar-refractivity contribution < 1.29 is 9.90 Å². The van der Waals surface area contributed by atoms with Crippen LogP contribution in [0.1, 0.15) is 23.6 Å². The van der Waals surface area contributed by atoms with Gasteiger partial charge in [0.2, 0.25) is 5.91 Å². The molecule has 1 unspecified atom stereocenters. The van der Waals surface area contributed by atoms with Crippen LogP contribution in [-0.2, 0) is 11.2 Å². The Morgan fingerprint density at radius 1 is 1.44 bits per heavy atom. The molecular formula is C13H19NO2. The summed E-state index contributed by atoms with van der Waals surface area (Å²) < 4.78 is 0. The van der Waals surface area contributed by atoms with Crippen molar-refractivity contribution in [1.82, 2.24) is 5.32 Å². The number of amides is 1. The van der Waals surface area contributed by atoms with Gasteiger partial charge in [-0.05, 0) is 38.3 Å². The molecule has 0 radical (unpaired) electrons. The van der Waals surface area contributed by atoms with Crippen LogP contribution in [-0.4, -0.2) is 23.7 Å². The number of nitrogens with one attached hydrogen (secondary N) is 1. The van der Waals surface area contributed by atoms with Gasteiger partial charge < -0.3 is 10.4 Å². The van der Waals surface area contributed by atoms with Crippen molar-refractivity contribution in [3.63, 3.8) is 0 Å². The van der Waals surface area contributed by atoms with Gasteiger partial charge in [-0.25, -0.2) is 0 Å². The normalized spacial score (nSPS) is 12.2. The quantitative estimate of drug-likeness (QED) is 0.806. The number of hydrogen-bond acceptors (Lipinski definition) is 2. The van der Waals surface area contributed by atoms with Crippen molar-refractivity contribution in [1.29, 1.82) is 0 Å². The predicted octanol–water partition coefficient (Wildman–Crippen LogP) is 1.34. The number of hydrogen-bond donors (Lipinski definition) is 2. The van der Waals surface area contributed by atoms with Crippen molar-refractivity contribution in [3.8, 4) is 0 Å². The zero-order valence-corrected chi connectivity index (χ0v) is 10.1. The maximum Gasteiger partial charge on any atom is 0.245 e. The van der Waals surface area contributed by atoms with E-state index in [1.807, 2.05) is 6.92 Å². The predicted molar refractivity (Wildman–Crippen MR) is 64.3 cm³/mol. The number of aliphatic hydroxyl groups excluding tert-OH is 1. The molecule has 0 spiro atoms. The van der Waals surface area contributed by atoms with Crippen molar-refractivity contribution in [2.45, 2.75) is 33.2 Å². The van der Waals surface area contributed by atoms with Crippen molar-refractivity contribution >= 4 is 5.91 Å².